The fraction of sp³-hybridized carbons (Fsp3) is 0.630. The molecule has 0 aliphatic heterocycles. The van der Waals surface area contributed by atoms with Crippen molar-refractivity contribution in [2.75, 3.05) is 0 Å². The highest BCUT2D eigenvalue weighted by molar-refractivity contribution is 5.58. The van der Waals surface area contributed by atoms with Crippen LogP contribution in [-0.4, -0.2) is 10.2 Å². The van der Waals surface area contributed by atoms with Crippen molar-refractivity contribution >= 4 is 0 Å². The topological polar surface area (TPSA) is 25.8 Å². The highest BCUT2D eigenvalue weighted by Gasteiger charge is 2.20. The number of unbranched alkanes of at least 4 members (excludes halogenated alkanes) is 3. The lowest BCUT2D eigenvalue weighted by Crippen LogP contribution is -2.15. The van der Waals surface area contributed by atoms with Crippen LogP contribution in [0.25, 0.3) is 11.3 Å². The molecule has 1 aromatic carbocycles. The monoisotopic (exact) mass is 392 g/mol. The molecule has 1 fully saturated rings. The number of benzene rings is 1. The normalized spacial score (nSPS) is 19.4. The first-order valence-electron chi connectivity index (χ1n) is 12.2. The molecule has 2 aromatic rings. The van der Waals surface area contributed by atoms with E-state index in [4.69, 9.17) is 0 Å². The van der Waals surface area contributed by atoms with Crippen LogP contribution in [0.3, 0.4) is 0 Å². The molecule has 0 radical (unpaired) electrons. The Balaban J connectivity index is 1.42. The Bertz CT molecular complexity index is 681. The van der Waals surface area contributed by atoms with Gasteiger partial charge in [-0.15, -0.1) is 0 Å². The van der Waals surface area contributed by atoms with Crippen LogP contribution >= 0.6 is 0 Å². The van der Waals surface area contributed by atoms with E-state index in [1.54, 1.807) is 0 Å². The average molecular weight is 393 g/mol. The Hall–Kier alpha value is -1.70. The standard InChI is InChI=1S/C27H40N2/c1-3-5-7-8-22-10-12-23(13-11-22)14-15-24-16-18-25(19-17-24)27-21-20-26(28-29-27)9-6-4-2/h16-23H,3-15H2,1-2H3. The summed E-state index contributed by atoms with van der Waals surface area (Å²) in [5, 5.41) is 8.83. The zero-order valence-corrected chi connectivity index (χ0v) is 18.7. The Kier molecular flexibility index (Phi) is 9.18. The maximum atomic E-state index is 4.43. The quantitative estimate of drug-likeness (QED) is 0.364. The number of hydrogen-bond donors (Lipinski definition) is 0. The molecule has 0 N–H and O–H groups in total. The maximum absolute atomic E-state index is 4.43. The van der Waals surface area contributed by atoms with Crippen LogP contribution in [-0.2, 0) is 12.8 Å². The first-order chi connectivity index (χ1) is 14.3. The largest absolute Gasteiger partial charge is 0.155 e. The van der Waals surface area contributed by atoms with E-state index >= 15 is 0 Å². The second kappa shape index (κ2) is 12.1. The molecule has 0 unspecified atom stereocenters. The fourth-order valence-electron chi connectivity index (χ4n) is 4.71. The second-order valence-corrected chi connectivity index (χ2v) is 9.13. The third-order valence-electron chi connectivity index (χ3n) is 6.78. The van der Waals surface area contributed by atoms with Crippen LogP contribution < -0.4 is 0 Å². The Labute approximate surface area is 178 Å². The average Bonchev–Trinajstić information content (AvgIpc) is 2.78. The fourth-order valence-corrected chi connectivity index (χ4v) is 4.71. The summed E-state index contributed by atoms with van der Waals surface area (Å²) >= 11 is 0. The molecule has 2 nitrogen and oxygen atoms in total. The second-order valence-electron chi connectivity index (χ2n) is 9.13. The molecule has 1 aliphatic carbocycles. The molecule has 0 amide bonds. The minimum atomic E-state index is 0.943. The molecule has 0 atom stereocenters. The van der Waals surface area contributed by atoms with Crippen molar-refractivity contribution in [3.63, 3.8) is 0 Å². The predicted octanol–water partition coefficient (Wildman–Crippen LogP) is 7.81. The lowest BCUT2D eigenvalue weighted by Gasteiger charge is -2.28. The summed E-state index contributed by atoms with van der Waals surface area (Å²) in [5.74, 6) is 1.96. The summed E-state index contributed by atoms with van der Waals surface area (Å²) in [4.78, 5) is 0. The van der Waals surface area contributed by atoms with Gasteiger partial charge in [-0.1, -0.05) is 95.9 Å². The molecule has 1 aliphatic rings. The van der Waals surface area contributed by atoms with Gasteiger partial charge in [0.2, 0.25) is 0 Å². The van der Waals surface area contributed by atoms with Crippen LogP contribution in [0.2, 0.25) is 0 Å². The first-order valence-corrected chi connectivity index (χ1v) is 12.2. The van der Waals surface area contributed by atoms with Gasteiger partial charge in [0, 0.05) is 5.56 Å². The molecule has 0 spiro atoms. The molecule has 158 valence electrons. The van der Waals surface area contributed by atoms with Crippen LogP contribution in [0.15, 0.2) is 36.4 Å². The van der Waals surface area contributed by atoms with Gasteiger partial charge in [0.15, 0.2) is 0 Å². The van der Waals surface area contributed by atoms with E-state index < -0.39 is 0 Å². The summed E-state index contributed by atoms with van der Waals surface area (Å²) in [7, 11) is 0. The molecule has 2 heteroatoms. The SMILES string of the molecule is CCCCCC1CCC(CCc2ccc(-c3ccc(CCCC)nn3)cc2)CC1. The molecule has 29 heavy (non-hydrogen) atoms. The van der Waals surface area contributed by atoms with E-state index in [2.05, 4.69) is 60.4 Å². The van der Waals surface area contributed by atoms with Crippen LogP contribution in [0.1, 0.15) is 95.7 Å². The lowest BCUT2D eigenvalue weighted by atomic mass is 9.78. The smallest absolute Gasteiger partial charge is 0.0929 e. The van der Waals surface area contributed by atoms with E-state index in [0.29, 0.717) is 0 Å². The highest BCUT2D eigenvalue weighted by Crippen LogP contribution is 2.34. The van der Waals surface area contributed by atoms with E-state index in [0.717, 1.165) is 29.6 Å². The minimum absolute atomic E-state index is 0.943. The van der Waals surface area contributed by atoms with Gasteiger partial charge in [0.05, 0.1) is 11.4 Å². The summed E-state index contributed by atoms with van der Waals surface area (Å²) in [6.07, 6.45) is 17.5. The molecular formula is C27H40N2. The molecular weight excluding hydrogens is 352 g/mol. The van der Waals surface area contributed by atoms with Gasteiger partial charge >= 0.3 is 0 Å². The van der Waals surface area contributed by atoms with Crippen LogP contribution in [0.4, 0.5) is 0 Å². The molecule has 1 saturated carbocycles. The van der Waals surface area contributed by atoms with E-state index in [-0.39, 0.29) is 0 Å². The number of hydrogen-bond acceptors (Lipinski definition) is 2. The maximum Gasteiger partial charge on any atom is 0.0929 e. The molecule has 1 aromatic heterocycles. The predicted molar refractivity (Wildman–Crippen MR) is 124 cm³/mol. The van der Waals surface area contributed by atoms with Gasteiger partial charge in [-0.05, 0) is 55.2 Å². The number of rotatable bonds is 11. The van der Waals surface area contributed by atoms with Crippen molar-refractivity contribution in [2.45, 2.75) is 97.3 Å². The zero-order valence-electron chi connectivity index (χ0n) is 18.7. The third-order valence-corrected chi connectivity index (χ3v) is 6.78. The van der Waals surface area contributed by atoms with Crippen molar-refractivity contribution in [1.82, 2.24) is 10.2 Å². The number of aromatic nitrogens is 2. The lowest BCUT2D eigenvalue weighted by molar-refractivity contribution is 0.249. The van der Waals surface area contributed by atoms with Gasteiger partial charge in [-0.25, -0.2) is 0 Å². The third kappa shape index (κ3) is 7.24. The molecule has 3 rings (SSSR count). The van der Waals surface area contributed by atoms with E-state index in [1.165, 1.54) is 88.2 Å². The van der Waals surface area contributed by atoms with Gasteiger partial charge in [0.1, 0.15) is 0 Å². The van der Waals surface area contributed by atoms with E-state index in [1.807, 2.05) is 0 Å². The summed E-state index contributed by atoms with van der Waals surface area (Å²) < 4.78 is 0. The number of nitrogens with zero attached hydrogens (tertiary/aromatic N) is 2. The molecule has 0 saturated heterocycles. The van der Waals surface area contributed by atoms with Crippen molar-refractivity contribution in [1.29, 1.82) is 0 Å². The van der Waals surface area contributed by atoms with Crippen molar-refractivity contribution in [2.24, 2.45) is 11.8 Å². The van der Waals surface area contributed by atoms with Crippen molar-refractivity contribution in [3.8, 4) is 11.3 Å². The number of aryl methyl sites for hydroxylation is 2. The minimum Gasteiger partial charge on any atom is -0.155 e. The molecule has 0 bridgehead atoms. The van der Waals surface area contributed by atoms with Gasteiger partial charge in [0.25, 0.3) is 0 Å². The molecule has 1 heterocycles. The Morgan fingerprint density at radius 1 is 0.690 bits per heavy atom. The van der Waals surface area contributed by atoms with Gasteiger partial charge < -0.3 is 0 Å². The highest BCUT2D eigenvalue weighted by atomic mass is 15.1. The van der Waals surface area contributed by atoms with Crippen molar-refractivity contribution < 1.29 is 0 Å². The van der Waals surface area contributed by atoms with Gasteiger partial charge in [-0.3, -0.25) is 0 Å². The van der Waals surface area contributed by atoms with Crippen LogP contribution in [0, 0.1) is 11.8 Å². The Morgan fingerprint density at radius 2 is 1.38 bits per heavy atom. The summed E-state index contributed by atoms with van der Waals surface area (Å²) in [6.45, 7) is 4.52. The van der Waals surface area contributed by atoms with Gasteiger partial charge in [-0.2, -0.15) is 10.2 Å². The summed E-state index contributed by atoms with van der Waals surface area (Å²) in [5.41, 5.74) is 4.73. The van der Waals surface area contributed by atoms with Crippen molar-refractivity contribution in [3.05, 3.63) is 47.7 Å². The van der Waals surface area contributed by atoms with E-state index in [9.17, 15) is 0 Å². The first kappa shape index (κ1) is 22.0. The van der Waals surface area contributed by atoms with Crippen LogP contribution in [0.5, 0.6) is 0 Å². The zero-order chi connectivity index (χ0) is 20.3. The Morgan fingerprint density at radius 3 is 2.00 bits per heavy atom. The summed E-state index contributed by atoms with van der Waals surface area (Å²) in [6, 6.07) is 13.3.